The van der Waals surface area contributed by atoms with Crippen molar-refractivity contribution in [3.05, 3.63) is 45.9 Å². The molecule has 146 valence electrons. The Balaban J connectivity index is 1.91. The van der Waals surface area contributed by atoms with Gasteiger partial charge in [0.05, 0.1) is 15.6 Å². The highest BCUT2D eigenvalue weighted by atomic mass is 35.5. The Kier molecular flexibility index (Phi) is 5.35. The minimum absolute atomic E-state index is 0.0543. The standard InChI is InChI=1S/C18H15Cl2N3O5/c1-22(2)17(26)11-7-10(3-4-14(11)24)28-16-12(19)5-9(6-13(16)20)23-8-15(25)21-18(23)27/h3-7,24H,8H2,1-2H3,(H,21,25,27). The van der Waals surface area contributed by atoms with E-state index in [-0.39, 0.29) is 39.4 Å². The highest BCUT2D eigenvalue weighted by Crippen LogP contribution is 2.40. The number of hydrogen-bond donors (Lipinski definition) is 2. The number of benzene rings is 2. The Morgan fingerprint density at radius 1 is 1.18 bits per heavy atom. The van der Waals surface area contributed by atoms with Gasteiger partial charge >= 0.3 is 6.03 Å². The minimum Gasteiger partial charge on any atom is -0.507 e. The number of aromatic hydroxyl groups is 1. The molecule has 0 spiro atoms. The summed E-state index contributed by atoms with van der Waals surface area (Å²) in [6, 6.07) is 6.44. The molecule has 2 aromatic rings. The van der Waals surface area contributed by atoms with Gasteiger partial charge in [-0.15, -0.1) is 0 Å². The average Bonchev–Trinajstić information content (AvgIpc) is 2.96. The van der Waals surface area contributed by atoms with E-state index in [0.717, 1.165) is 0 Å². The molecule has 1 aliphatic rings. The molecule has 4 amide bonds. The van der Waals surface area contributed by atoms with Crippen molar-refractivity contribution >= 4 is 46.7 Å². The van der Waals surface area contributed by atoms with Gasteiger partial charge in [-0.25, -0.2) is 4.79 Å². The van der Waals surface area contributed by atoms with Crippen LogP contribution in [0.2, 0.25) is 10.0 Å². The summed E-state index contributed by atoms with van der Waals surface area (Å²) in [6.07, 6.45) is 0. The summed E-state index contributed by atoms with van der Waals surface area (Å²) in [5, 5.41) is 12.3. The van der Waals surface area contributed by atoms with Crippen molar-refractivity contribution in [2.45, 2.75) is 0 Å². The molecule has 0 unspecified atom stereocenters. The summed E-state index contributed by atoms with van der Waals surface area (Å²) in [5.41, 5.74) is 0.387. The molecule has 2 aromatic carbocycles. The molecule has 3 rings (SSSR count). The molecular formula is C18H15Cl2N3O5. The normalized spacial score (nSPS) is 13.5. The van der Waals surface area contributed by atoms with E-state index in [2.05, 4.69) is 5.32 Å². The van der Waals surface area contributed by atoms with Crippen molar-refractivity contribution in [2.75, 3.05) is 25.5 Å². The van der Waals surface area contributed by atoms with Gasteiger partial charge in [-0.2, -0.15) is 0 Å². The molecule has 0 radical (unpaired) electrons. The van der Waals surface area contributed by atoms with E-state index < -0.39 is 17.8 Å². The maximum absolute atomic E-state index is 12.1. The zero-order valence-electron chi connectivity index (χ0n) is 14.8. The number of phenolic OH excluding ortho intramolecular Hbond substituents is 1. The molecule has 1 fully saturated rings. The van der Waals surface area contributed by atoms with Crippen LogP contribution in [-0.2, 0) is 4.79 Å². The molecule has 8 nitrogen and oxygen atoms in total. The molecule has 0 saturated carbocycles. The van der Waals surface area contributed by atoms with Gasteiger partial charge in [0, 0.05) is 19.8 Å². The second-order valence-corrected chi connectivity index (χ2v) is 6.97. The fraction of sp³-hybridized carbons (Fsp3) is 0.167. The summed E-state index contributed by atoms with van der Waals surface area (Å²) in [4.78, 5) is 37.8. The first-order chi connectivity index (χ1) is 13.2. The highest BCUT2D eigenvalue weighted by molar-refractivity contribution is 6.38. The lowest BCUT2D eigenvalue weighted by atomic mass is 10.1. The van der Waals surface area contributed by atoms with Crippen LogP contribution in [0.1, 0.15) is 10.4 Å². The number of carbonyl (C=O) groups is 3. The zero-order chi connectivity index (χ0) is 20.6. The van der Waals surface area contributed by atoms with Gasteiger partial charge in [0.25, 0.3) is 5.91 Å². The zero-order valence-corrected chi connectivity index (χ0v) is 16.3. The second-order valence-electron chi connectivity index (χ2n) is 6.16. The summed E-state index contributed by atoms with van der Waals surface area (Å²) in [6.45, 7) is -0.139. The maximum Gasteiger partial charge on any atom is 0.329 e. The van der Waals surface area contributed by atoms with Gasteiger partial charge in [0.2, 0.25) is 5.91 Å². The van der Waals surface area contributed by atoms with Crippen molar-refractivity contribution in [3.63, 3.8) is 0 Å². The van der Waals surface area contributed by atoms with Crippen molar-refractivity contribution in [1.82, 2.24) is 10.2 Å². The van der Waals surface area contributed by atoms with E-state index in [9.17, 15) is 19.5 Å². The largest absolute Gasteiger partial charge is 0.507 e. The molecular weight excluding hydrogens is 409 g/mol. The van der Waals surface area contributed by atoms with E-state index in [1.54, 1.807) is 14.1 Å². The first kappa shape index (κ1) is 19.8. The molecule has 2 N–H and O–H groups in total. The molecule has 0 aliphatic carbocycles. The Bertz CT molecular complexity index is 970. The van der Waals surface area contributed by atoms with Crippen molar-refractivity contribution < 1.29 is 24.2 Å². The van der Waals surface area contributed by atoms with Crippen molar-refractivity contribution in [1.29, 1.82) is 0 Å². The third kappa shape index (κ3) is 3.83. The maximum atomic E-state index is 12.1. The number of urea groups is 1. The quantitative estimate of drug-likeness (QED) is 0.735. The van der Waals surface area contributed by atoms with Gasteiger partial charge in [-0.1, -0.05) is 23.2 Å². The molecule has 0 bridgehead atoms. The Morgan fingerprint density at radius 3 is 2.36 bits per heavy atom. The van der Waals surface area contributed by atoms with Crippen LogP contribution in [-0.4, -0.2) is 48.5 Å². The lowest BCUT2D eigenvalue weighted by Crippen LogP contribution is -2.27. The lowest BCUT2D eigenvalue weighted by Gasteiger charge is -2.17. The van der Waals surface area contributed by atoms with Gasteiger partial charge in [-0.3, -0.25) is 19.8 Å². The molecule has 1 saturated heterocycles. The highest BCUT2D eigenvalue weighted by Gasteiger charge is 2.29. The molecule has 0 atom stereocenters. The van der Waals surface area contributed by atoms with Crippen LogP contribution in [0.3, 0.4) is 0 Å². The number of nitrogens with zero attached hydrogens (tertiary/aromatic N) is 2. The average molecular weight is 424 g/mol. The second kappa shape index (κ2) is 7.57. The van der Waals surface area contributed by atoms with E-state index in [1.165, 1.54) is 40.1 Å². The predicted molar refractivity (Wildman–Crippen MR) is 104 cm³/mol. The molecule has 10 heteroatoms. The van der Waals surface area contributed by atoms with Gasteiger partial charge in [-0.05, 0) is 30.3 Å². The number of ether oxygens (including phenoxy) is 1. The summed E-state index contributed by atoms with van der Waals surface area (Å²) in [5.74, 6) is -0.691. The predicted octanol–water partition coefficient (Wildman–Crippen LogP) is 3.25. The number of rotatable bonds is 4. The van der Waals surface area contributed by atoms with Crippen LogP contribution in [0.25, 0.3) is 0 Å². The van der Waals surface area contributed by atoms with Crippen molar-refractivity contribution in [3.8, 4) is 17.2 Å². The Hall–Kier alpha value is -2.97. The number of phenols is 1. The van der Waals surface area contributed by atoms with Crippen LogP contribution in [0.15, 0.2) is 30.3 Å². The Morgan fingerprint density at radius 2 is 1.82 bits per heavy atom. The number of carbonyl (C=O) groups excluding carboxylic acids is 3. The van der Waals surface area contributed by atoms with E-state index in [4.69, 9.17) is 27.9 Å². The number of nitrogens with one attached hydrogen (secondary N) is 1. The summed E-state index contributed by atoms with van der Waals surface area (Å²) < 4.78 is 5.70. The van der Waals surface area contributed by atoms with E-state index in [1.807, 2.05) is 0 Å². The molecule has 1 aliphatic heterocycles. The minimum atomic E-state index is -0.573. The van der Waals surface area contributed by atoms with Crippen LogP contribution in [0, 0.1) is 0 Å². The lowest BCUT2D eigenvalue weighted by molar-refractivity contribution is -0.117. The molecule has 0 aromatic heterocycles. The first-order valence-electron chi connectivity index (χ1n) is 8.00. The molecule has 1 heterocycles. The monoisotopic (exact) mass is 423 g/mol. The number of anilines is 1. The van der Waals surface area contributed by atoms with Gasteiger partial charge in [0.15, 0.2) is 5.75 Å². The number of amides is 4. The first-order valence-corrected chi connectivity index (χ1v) is 8.76. The summed E-state index contributed by atoms with van der Waals surface area (Å²) in [7, 11) is 3.11. The molecule has 28 heavy (non-hydrogen) atoms. The van der Waals surface area contributed by atoms with Gasteiger partial charge in [0.1, 0.15) is 18.0 Å². The number of imide groups is 1. The van der Waals surface area contributed by atoms with E-state index in [0.29, 0.717) is 5.69 Å². The topological polar surface area (TPSA) is 99.2 Å². The number of halogens is 2. The van der Waals surface area contributed by atoms with E-state index >= 15 is 0 Å². The smallest absolute Gasteiger partial charge is 0.329 e. The number of hydrogen-bond acceptors (Lipinski definition) is 5. The third-order valence-corrected chi connectivity index (χ3v) is 4.47. The summed E-state index contributed by atoms with van der Waals surface area (Å²) >= 11 is 12.5. The van der Waals surface area contributed by atoms with Crippen LogP contribution in [0.4, 0.5) is 10.5 Å². The van der Waals surface area contributed by atoms with Crippen LogP contribution in [0.5, 0.6) is 17.2 Å². The third-order valence-electron chi connectivity index (χ3n) is 3.91. The van der Waals surface area contributed by atoms with Crippen LogP contribution >= 0.6 is 23.2 Å². The fourth-order valence-electron chi connectivity index (χ4n) is 2.56. The van der Waals surface area contributed by atoms with Crippen LogP contribution < -0.4 is 15.0 Å². The SMILES string of the molecule is CN(C)C(=O)c1cc(Oc2c(Cl)cc(N3CC(=O)NC3=O)cc2Cl)ccc1O. The fourth-order valence-corrected chi connectivity index (χ4v) is 3.11. The van der Waals surface area contributed by atoms with Gasteiger partial charge < -0.3 is 14.7 Å². The van der Waals surface area contributed by atoms with Crippen molar-refractivity contribution in [2.24, 2.45) is 0 Å². The Labute approximate surface area is 170 Å².